The van der Waals surface area contributed by atoms with Crippen molar-refractivity contribution in [3.63, 3.8) is 0 Å². The SMILES string of the molecule is COC1CCC(/C=C(/C)C(C)C/C(F)=C\CN)CC1C(C)C. The number of hydrogen-bond acceptors (Lipinski definition) is 2. The van der Waals surface area contributed by atoms with Gasteiger partial charge in [0.1, 0.15) is 0 Å². The molecule has 3 heteroatoms. The molecule has 128 valence electrons. The predicted octanol–water partition coefficient (Wildman–Crippen LogP) is 4.86. The van der Waals surface area contributed by atoms with E-state index in [1.54, 1.807) is 0 Å². The molecule has 1 aliphatic rings. The maximum Gasteiger partial charge on any atom is 0.0978 e. The van der Waals surface area contributed by atoms with Crippen molar-refractivity contribution in [3.05, 3.63) is 23.6 Å². The van der Waals surface area contributed by atoms with Crippen LogP contribution in [0.3, 0.4) is 0 Å². The molecule has 0 radical (unpaired) electrons. The standard InChI is InChI=1S/C19H34FNO/c1-13(2)18-12-16(6-7-19(18)22-5)10-14(3)15(4)11-17(20)8-9-21/h8,10,13,15-16,18-19H,6-7,9,11-12,21H2,1-5H3/b14-10-,17-8+. The summed E-state index contributed by atoms with van der Waals surface area (Å²) in [4.78, 5) is 0. The highest BCUT2D eigenvalue weighted by Gasteiger charge is 2.31. The van der Waals surface area contributed by atoms with Gasteiger partial charge in [0.25, 0.3) is 0 Å². The first-order valence-corrected chi connectivity index (χ1v) is 8.64. The fourth-order valence-electron chi connectivity index (χ4n) is 3.56. The molecule has 0 heterocycles. The minimum atomic E-state index is -0.0918. The molecular weight excluding hydrogens is 277 g/mol. The van der Waals surface area contributed by atoms with E-state index in [1.807, 2.05) is 7.11 Å². The van der Waals surface area contributed by atoms with Gasteiger partial charge in [-0.05, 0) is 55.9 Å². The average Bonchev–Trinajstić information content (AvgIpc) is 2.47. The van der Waals surface area contributed by atoms with E-state index in [4.69, 9.17) is 10.5 Å². The van der Waals surface area contributed by atoms with Crippen LogP contribution in [0, 0.1) is 23.7 Å². The number of allylic oxidation sites excluding steroid dienone is 3. The summed E-state index contributed by atoms with van der Waals surface area (Å²) in [5.74, 6) is 2.01. The molecule has 0 bridgehead atoms. The Morgan fingerprint density at radius 3 is 2.55 bits per heavy atom. The number of hydrogen-bond donors (Lipinski definition) is 1. The topological polar surface area (TPSA) is 35.2 Å². The lowest BCUT2D eigenvalue weighted by atomic mass is 9.73. The summed E-state index contributed by atoms with van der Waals surface area (Å²) in [5.41, 5.74) is 6.65. The number of halogens is 1. The molecule has 0 aromatic heterocycles. The summed E-state index contributed by atoms with van der Waals surface area (Å²) in [6, 6.07) is 0. The third kappa shape index (κ3) is 5.85. The lowest BCUT2D eigenvalue weighted by molar-refractivity contribution is -0.00437. The number of ether oxygens (including phenoxy) is 1. The van der Waals surface area contributed by atoms with Crippen molar-refractivity contribution in [3.8, 4) is 0 Å². The number of rotatable bonds is 7. The maximum atomic E-state index is 13.6. The van der Waals surface area contributed by atoms with Gasteiger partial charge in [-0.25, -0.2) is 4.39 Å². The molecule has 2 nitrogen and oxygen atoms in total. The van der Waals surface area contributed by atoms with Crippen LogP contribution in [-0.4, -0.2) is 19.8 Å². The van der Waals surface area contributed by atoms with Gasteiger partial charge < -0.3 is 10.5 Å². The average molecular weight is 311 g/mol. The van der Waals surface area contributed by atoms with Crippen molar-refractivity contribution in [2.24, 2.45) is 29.4 Å². The summed E-state index contributed by atoms with van der Waals surface area (Å²) in [6.07, 6.45) is 8.19. The molecule has 1 aliphatic carbocycles. The van der Waals surface area contributed by atoms with Gasteiger partial charge in [0.05, 0.1) is 11.9 Å². The van der Waals surface area contributed by atoms with Crippen LogP contribution < -0.4 is 5.73 Å². The van der Waals surface area contributed by atoms with Crippen LogP contribution >= 0.6 is 0 Å². The second-order valence-electron chi connectivity index (χ2n) is 7.16. The van der Waals surface area contributed by atoms with Crippen molar-refractivity contribution < 1.29 is 9.13 Å². The zero-order valence-corrected chi connectivity index (χ0v) is 14.9. The van der Waals surface area contributed by atoms with Crippen LogP contribution in [0.15, 0.2) is 23.6 Å². The minimum absolute atomic E-state index is 0.0918. The van der Waals surface area contributed by atoms with Crippen LogP contribution in [0.5, 0.6) is 0 Å². The van der Waals surface area contributed by atoms with Gasteiger partial charge in [0.15, 0.2) is 0 Å². The first-order valence-electron chi connectivity index (χ1n) is 8.64. The molecule has 22 heavy (non-hydrogen) atoms. The van der Waals surface area contributed by atoms with Gasteiger partial charge in [-0.3, -0.25) is 0 Å². The second kappa shape index (κ2) is 9.46. The van der Waals surface area contributed by atoms with Crippen LogP contribution in [-0.2, 0) is 4.74 Å². The highest BCUT2D eigenvalue weighted by Crippen LogP contribution is 2.37. The van der Waals surface area contributed by atoms with Crippen LogP contribution in [0.2, 0.25) is 0 Å². The van der Waals surface area contributed by atoms with Gasteiger partial charge in [-0.2, -0.15) is 0 Å². The third-order valence-electron chi connectivity index (χ3n) is 5.15. The van der Waals surface area contributed by atoms with Crippen LogP contribution in [0.4, 0.5) is 4.39 Å². The Hall–Kier alpha value is -0.670. The molecule has 0 aromatic rings. The van der Waals surface area contributed by atoms with E-state index in [9.17, 15) is 4.39 Å². The van der Waals surface area contributed by atoms with Crippen molar-refractivity contribution in [2.45, 2.75) is 59.5 Å². The van der Waals surface area contributed by atoms with E-state index < -0.39 is 0 Å². The summed E-state index contributed by atoms with van der Waals surface area (Å²) in [7, 11) is 1.83. The van der Waals surface area contributed by atoms with Gasteiger partial charge in [-0.15, -0.1) is 0 Å². The third-order valence-corrected chi connectivity index (χ3v) is 5.15. The Bertz CT molecular complexity index is 389. The smallest absolute Gasteiger partial charge is 0.0978 e. The molecule has 0 saturated heterocycles. The molecule has 4 atom stereocenters. The zero-order chi connectivity index (χ0) is 16.7. The Morgan fingerprint density at radius 1 is 1.32 bits per heavy atom. The van der Waals surface area contributed by atoms with E-state index >= 15 is 0 Å². The quantitative estimate of drug-likeness (QED) is 0.682. The number of nitrogens with two attached hydrogens (primary N) is 1. The largest absolute Gasteiger partial charge is 0.381 e. The fourth-order valence-corrected chi connectivity index (χ4v) is 3.56. The van der Waals surface area contributed by atoms with Crippen molar-refractivity contribution in [1.29, 1.82) is 0 Å². The molecule has 0 amide bonds. The molecular formula is C19H34FNO. The van der Waals surface area contributed by atoms with Gasteiger partial charge in [0, 0.05) is 20.1 Å². The maximum absolute atomic E-state index is 13.6. The lowest BCUT2D eigenvalue weighted by Crippen LogP contribution is -2.33. The highest BCUT2D eigenvalue weighted by atomic mass is 19.1. The molecule has 0 aromatic carbocycles. The fraction of sp³-hybridized carbons (Fsp3) is 0.789. The van der Waals surface area contributed by atoms with E-state index in [-0.39, 0.29) is 18.3 Å². The Morgan fingerprint density at radius 2 is 2.00 bits per heavy atom. The number of methoxy groups -OCH3 is 1. The Balaban J connectivity index is 2.65. The van der Waals surface area contributed by atoms with E-state index in [2.05, 4.69) is 33.8 Å². The molecule has 4 unspecified atom stereocenters. The highest BCUT2D eigenvalue weighted by molar-refractivity contribution is 5.09. The summed E-state index contributed by atoms with van der Waals surface area (Å²) in [6.45, 7) is 9.07. The van der Waals surface area contributed by atoms with Crippen molar-refractivity contribution in [1.82, 2.24) is 0 Å². The Kier molecular flexibility index (Phi) is 8.34. The van der Waals surface area contributed by atoms with E-state index in [0.717, 1.165) is 6.42 Å². The summed E-state index contributed by atoms with van der Waals surface area (Å²) >= 11 is 0. The van der Waals surface area contributed by atoms with Crippen molar-refractivity contribution >= 4 is 0 Å². The van der Waals surface area contributed by atoms with Crippen LogP contribution in [0.25, 0.3) is 0 Å². The van der Waals surface area contributed by atoms with Crippen molar-refractivity contribution in [2.75, 3.05) is 13.7 Å². The lowest BCUT2D eigenvalue weighted by Gasteiger charge is -2.37. The summed E-state index contributed by atoms with van der Waals surface area (Å²) < 4.78 is 19.3. The first kappa shape index (κ1) is 19.4. The molecule has 0 aliphatic heterocycles. The molecule has 1 fully saturated rings. The van der Waals surface area contributed by atoms with E-state index in [1.165, 1.54) is 24.5 Å². The molecule has 0 spiro atoms. The zero-order valence-electron chi connectivity index (χ0n) is 14.9. The Labute approximate surface area is 136 Å². The first-order chi connectivity index (χ1) is 10.4. The predicted molar refractivity (Wildman–Crippen MR) is 92.2 cm³/mol. The normalized spacial score (nSPS) is 29.0. The monoisotopic (exact) mass is 311 g/mol. The van der Waals surface area contributed by atoms with Gasteiger partial charge >= 0.3 is 0 Å². The van der Waals surface area contributed by atoms with Gasteiger partial charge in [0.2, 0.25) is 0 Å². The summed E-state index contributed by atoms with van der Waals surface area (Å²) in [5, 5.41) is 0. The molecule has 1 rings (SSSR count). The minimum Gasteiger partial charge on any atom is -0.381 e. The van der Waals surface area contributed by atoms with Gasteiger partial charge in [-0.1, -0.05) is 32.4 Å². The van der Waals surface area contributed by atoms with Crippen LogP contribution in [0.1, 0.15) is 53.4 Å². The molecule has 2 N–H and O–H groups in total. The second-order valence-corrected chi connectivity index (χ2v) is 7.16. The molecule has 1 saturated carbocycles. The van der Waals surface area contributed by atoms with E-state index in [0.29, 0.717) is 30.3 Å².